The molecule has 0 aliphatic heterocycles. The fourth-order valence-corrected chi connectivity index (χ4v) is 4.01. The molecule has 0 atom stereocenters. The minimum Gasteiger partial charge on any atom is -0.465 e. The lowest BCUT2D eigenvalue weighted by atomic mass is 10.1. The topological polar surface area (TPSA) is 50.4 Å². The number of benzene rings is 1. The summed E-state index contributed by atoms with van der Waals surface area (Å²) in [5.41, 5.74) is 2.06. The highest BCUT2D eigenvalue weighted by Crippen LogP contribution is 2.34. The van der Waals surface area contributed by atoms with Gasteiger partial charge in [0, 0.05) is 9.90 Å². The molecule has 0 bridgehead atoms. The number of thiocarbonyl (C=S) groups is 1. The molecule has 0 fully saturated rings. The first-order chi connectivity index (χ1) is 11.4. The fraction of sp³-hybridized carbons (Fsp3) is 0.250. The Balaban J connectivity index is 2.26. The van der Waals surface area contributed by atoms with Gasteiger partial charge in [-0.2, -0.15) is 0 Å². The maximum Gasteiger partial charge on any atom is 0.341 e. The molecule has 1 aromatic carbocycles. The number of thiophene rings is 1. The Bertz CT molecular complexity index is 791. The zero-order chi connectivity index (χ0) is 17.9. The summed E-state index contributed by atoms with van der Waals surface area (Å²) in [7, 11) is 1.36. The second-order valence-electron chi connectivity index (χ2n) is 4.89. The third-order valence-electron chi connectivity index (χ3n) is 3.36. The molecule has 2 aromatic rings. The molecule has 4 nitrogen and oxygen atoms in total. The molecule has 1 aromatic heterocycles. The lowest BCUT2D eigenvalue weighted by molar-refractivity contribution is 0.0601. The standard InChI is InChI=1S/C16H16Cl2N2O2S2/c1-4-10-8(2)24-14(13(10)15(21)22-3)20-16(23)19-12-7-9(17)5-6-11(12)18/h5-7H,4H2,1-3H3,(H2,19,20,23). The molecule has 0 aliphatic rings. The molecule has 0 saturated heterocycles. The first-order valence-corrected chi connectivity index (χ1v) is 9.09. The number of ether oxygens (including phenoxy) is 1. The molecule has 2 N–H and O–H groups in total. The van der Waals surface area contributed by atoms with E-state index in [0.29, 0.717) is 31.4 Å². The lowest BCUT2D eigenvalue weighted by Crippen LogP contribution is -2.20. The van der Waals surface area contributed by atoms with E-state index in [1.807, 2.05) is 13.8 Å². The predicted molar refractivity (Wildman–Crippen MR) is 106 cm³/mol. The number of hydrogen-bond acceptors (Lipinski definition) is 4. The van der Waals surface area contributed by atoms with Crippen molar-refractivity contribution in [1.29, 1.82) is 0 Å². The molecule has 1 heterocycles. The van der Waals surface area contributed by atoms with Crippen molar-refractivity contribution in [2.75, 3.05) is 17.7 Å². The van der Waals surface area contributed by atoms with E-state index in [1.54, 1.807) is 18.2 Å². The predicted octanol–water partition coefficient (Wildman–Crippen LogP) is 5.52. The highest BCUT2D eigenvalue weighted by Gasteiger charge is 2.22. The normalized spacial score (nSPS) is 10.4. The number of methoxy groups -OCH3 is 1. The summed E-state index contributed by atoms with van der Waals surface area (Å²) in [6, 6.07) is 5.05. The Morgan fingerprint density at radius 3 is 2.67 bits per heavy atom. The largest absolute Gasteiger partial charge is 0.465 e. The monoisotopic (exact) mass is 402 g/mol. The summed E-state index contributed by atoms with van der Waals surface area (Å²) >= 11 is 18.9. The molecule has 0 spiro atoms. The van der Waals surface area contributed by atoms with Gasteiger partial charge < -0.3 is 15.4 Å². The summed E-state index contributed by atoms with van der Waals surface area (Å²) in [4.78, 5) is 13.2. The second kappa shape index (κ2) is 8.16. The van der Waals surface area contributed by atoms with Gasteiger partial charge in [0.1, 0.15) is 5.00 Å². The average Bonchev–Trinajstić information content (AvgIpc) is 2.85. The van der Waals surface area contributed by atoms with Gasteiger partial charge in [0.2, 0.25) is 0 Å². The maximum absolute atomic E-state index is 12.1. The van der Waals surface area contributed by atoms with Crippen molar-refractivity contribution in [2.45, 2.75) is 20.3 Å². The molecule has 128 valence electrons. The number of anilines is 2. The van der Waals surface area contributed by atoms with E-state index in [0.717, 1.165) is 16.9 Å². The van der Waals surface area contributed by atoms with Gasteiger partial charge in [-0.25, -0.2) is 4.79 Å². The molecule has 24 heavy (non-hydrogen) atoms. The van der Waals surface area contributed by atoms with E-state index in [1.165, 1.54) is 18.4 Å². The number of carbonyl (C=O) groups is 1. The zero-order valence-corrected chi connectivity index (χ0v) is 16.5. The summed E-state index contributed by atoms with van der Waals surface area (Å²) in [6.07, 6.45) is 0.731. The number of halogens is 2. The van der Waals surface area contributed by atoms with Crippen LogP contribution in [0.2, 0.25) is 10.0 Å². The highest BCUT2D eigenvalue weighted by atomic mass is 35.5. The third-order valence-corrected chi connectivity index (χ3v) is 5.19. The van der Waals surface area contributed by atoms with E-state index in [-0.39, 0.29) is 5.97 Å². The van der Waals surface area contributed by atoms with E-state index in [9.17, 15) is 4.79 Å². The quantitative estimate of drug-likeness (QED) is 0.520. The number of aryl methyl sites for hydroxylation is 1. The average molecular weight is 403 g/mol. The van der Waals surface area contributed by atoms with Gasteiger partial charge in [-0.15, -0.1) is 11.3 Å². The summed E-state index contributed by atoms with van der Waals surface area (Å²) in [5.74, 6) is -0.387. The van der Waals surface area contributed by atoms with Crippen molar-refractivity contribution >= 4 is 68.5 Å². The van der Waals surface area contributed by atoms with Crippen LogP contribution in [0, 0.1) is 6.92 Å². The van der Waals surface area contributed by atoms with E-state index >= 15 is 0 Å². The Kier molecular flexibility index (Phi) is 6.46. The van der Waals surface area contributed by atoms with Crippen LogP contribution in [0.1, 0.15) is 27.7 Å². The number of carbonyl (C=O) groups excluding carboxylic acids is 1. The summed E-state index contributed by atoms with van der Waals surface area (Å²) in [6.45, 7) is 3.96. The van der Waals surface area contributed by atoms with Crippen LogP contribution in [0.4, 0.5) is 10.7 Å². The number of rotatable bonds is 4. The Hall–Kier alpha value is -1.34. The van der Waals surface area contributed by atoms with Crippen LogP contribution in [0.3, 0.4) is 0 Å². The number of hydrogen-bond donors (Lipinski definition) is 2. The smallest absolute Gasteiger partial charge is 0.341 e. The Morgan fingerprint density at radius 1 is 1.33 bits per heavy atom. The zero-order valence-electron chi connectivity index (χ0n) is 13.3. The van der Waals surface area contributed by atoms with Gasteiger partial charge in [-0.3, -0.25) is 0 Å². The minimum atomic E-state index is -0.387. The SMILES string of the molecule is CCc1c(C)sc(NC(=S)Nc2cc(Cl)ccc2Cl)c1C(=O)OC. The van der Waals surface area contributed by atoms with Crippen LogP contribution in [0.15, 0.2) is 18.2 Å². The van der Waals surface area contributed by atoms with Crippen LogP contribution in [0.5, 0.6) is 0 Å². The van der Waals surface area contributed by atoms with Crippen LogP contribution in [-0.4, -0.2) is 18.2 Å². The van der Waals surface area contributed by atoms with E-state index in [2.05, 4.69) is 10.6 Å². The molecular weight excluding hydrogens is 387 g/mol. The molecular formula is C16H16Cl2N2O2S2. The van der Waals surface area contributed by atoms with Gasteiger partial charge >= 0.3 is 5.97 Å². The van der Waals surface area contributed by atoms with Crippen molar-refractivity contribution in [3.63, 3.8) is 0 Å². The van der Waals surface area contributed by atoms with Crippen molar-refractivity contribution in [3.05, 3.63) is 44.2 Å². The Labute approximate surface area is 160 Å². The maximum atomic E-state index is 12.1. The van der Waals surface area contributed by atoms with Crippen LogP contribution >= 0.6 is 46.8 Å². The first kappa shape index (κ1) is 19.0. The van der Waals surface area contributed by atoms with Gasteiger partial charge in [-0.05, 0) is 49.3 Å². The second-order valence-corrected chi connectivity index (χ2v) is 7.37. The molecule has 0 saturated carbocycles. The van der Waals surface area contributed by atoms with Gasteiger partial charge in [0.25, 0.3) is 0 Å². The van der Waals surface area contributed by atoms with Gasteiger partial charge in [-0.1, -0.05) is 30.1 Å². The highest BCUT2D eigenvalue weighted by molar-refractivity contribution is 7.80. The van der Waals surface area contributed by atoms with Crippen molar-refractivity contribution in [2.24, 2.45) is 0 Å². The first-order valence-electron chi connectivity index (χ1n) is 7.11. The lowest BCUT2D eigenvalue weighted by Gasteiger charge is -2.12. The molecule has 8 heteroatoms. The minimum absolute atomic E-state index is 0.313. The number of esters is 1. The van der Waals surface area contributed by atoms with Crippen molar-refractivity contribution in [3.8, 4) is 0 Å². The number of nitrogens with one attached hydrogen (secondary N) is 2. The van der Waals surface area contributed by atoms with Crippen molar-refractivity contribution < 1.29 is 9.53 Å². The van der Waals surface area contributed by atoms with Gasteiger partial charge in [0.05, 0.1) is 23.4 Å². The molecule has 0 aliphatic carbocycles. The molecule has 0 unspecified atom stereocenters. The van der Waals surface area contributed by atoms with E-state index in [4.69, 9.17) is 40.2 Å². The van der Waals surface area contributed by atoms with Crippen LogP contribution in [0.25, 0.3) is 0 Å². The van der Waals surface area contributed by atoms with Crippen LogP contribution < -0.4 is 10.6 Å². The third kappa shape index (κ3) is 4.19. The Morgan fingerprint density at radius 2 is 2.04 bits per heavy atom. The van der Waals surface area contributed by atoms with Crippen molar-refractivity contribution in [1.82, 2.24) is 0 Å². The summed E-state index contributed by atoms with van der Waals surface area (Å²) < 4.78 is 4.89. The van der Waals surface area contributed by atoms with E-state index < -0.39 is 0 Å². The summed E-state index contributed by atoms with van der Waals surface area (Å²) in [5, 5.41) is 8.04. The molecule has 2 rings (SSSR count). The molecule has 0 radical (unpaired) electrons. The van der Waals surface area contributed by atoms with Crippen LogP contribution in [-0.2, 0) is 11.2 Å². The van der Waals surface area contributed by atoms with Gasteiger partial charge in [0.15, 0.2) is 5.11 Å². The molecule has 0 amide bonds. The fourth-order valence-electron chi connectivity index (χ4n) is 2.26.